The quantitative estimate of drug-likeness (QED) is 0.424. The van der Waals surface area contributed by atoms with E-state index in [0.29, 0.717) is 18.4 Å². The lowest BCUT2D eigenvalue weighted by Gasteiger charge is -2.24. The molecule has 3 unspecified atom stereocenters. The second-order valence-corrected chi connectivity index (χ2v) is 7.74. The predicted octanol–water partition coefficient (Wildman–Crippen LogP) is 2.71. The van der Waals surface area contributed by atoms with E-state index in [-0.39, 0.29) is 35.9 Å². The van der Waals surface area contributed by atoms with Crippen molar-refractivity contribution in [3.8, 4) is 11.5 Å². The number of para-hydroxylation sites is 2. The SMILES string of the molecule is CCc1cc(C2NNC(CCC(=O)O)C2c2nc3ccccc3n2C)c(O)cc1O. The molecule has 1 fully saturated rings. The third-order valence-corrected chi connectivity index (χ3v) is 5.95. The van der Waals surface area contributed by atoms with Gasteiger partial charge in [0.05, 0.1) is 23.0 Å². The molecule has 0 bridgehead atoms. The fraction of sp³-hybridized carbons (Fsp3) is 0.364. The van der Waals surface area contributed by atoms with Crippen LogP contribution in [0.3, 0.4) is 0 Å². The first-order valence-corrected chi connectivity index (χ1v) is 10.1. The second-order valence-electron chi connectivity index (χ2n) is 7.74. The van der Waals surface area contributed by atoms with Gasteiger partial charge in [0, 0.05) is 31.1 Å². The molecule has 0 spiro atoms. The van der Waals surface area contributed by atoms with Crippen LogP contribution in [0.5, 0.6) is 11.5 Å². The molecule has 8 heteroatoms. The molecule has 0 radical (unpaired) electrons. The molecular weight excluding hydrogens is 384 g/mol. The van der Waals surface area contributed by atoms with Crippen molar-refractivity contribution in [2.45, 2.75) is 44.2 Å². The first kappa shape index (κ1) is 20.2. The van der Waals surface area contributed by atoms with Crippen molar-refractivity contribution in [3.63, 3.8) is 0 Å². The monoisotopic (exact) mass is 410 g/mol. The molecule has 5 N–H and O–H groups in total. The van der Waals surface area contributed by atoms with Gasteiger partial charge in [0.1, 0.15) is 17.3 Å². The molecule has 0 amide bonds. The number of benzene rings is 2. The Morgan fingerprint density at radius 3 is 2.63 bits per heavy atom. The molecule has 0 saturated carbocycles. The second kappa shape index (κ2) is 7.97. The van der Waals surface area contributed by atoms with Crippen molar-refractivity contribution in [1.82, 2.24) is 20.4 Å². The molecule has 3 atom stereocenters. The number of hydrogen-bond donors (Lipinski definition) is 5. The van der Waals surface area contributed by atoms with Crippen molar-refractivity contribution in [3.05, 3.63) is 53.3 Å². The lowest BCUT2D eigenvalue weighted by molar-refractivity contribution is -0.137. The average molecular weight is 410 g/mol. The number of aliphatic carboxylic acids is 1. The van der Waals surface area contributed by atoms with Crippen LogP contribution >= 0.6 is 0 Å². The number of hydrazine groups is 1. The standard InChI is InChI=1S/C22H26N4O4/c1-3-12-10-13(18(28)11-17(12)27)21-20(15(24-25-21)8-9-19(29)30)22-23-14-6-4-5-7-16(14)26(22)2/h4-7,10-11,15,20-21,24-25,27-28H,3,8-9H2,1-2H3,(H,29,30). The van der Waals surface area contributed by atoms with E-state index in [2.05, 4.69) is 10.9 Å². The summed E-state index contributed by atoms with van der Waals surface area (Å²) in [5.41, 5.74) is 9.69. The number of carbonyl (C=O) groups is 1. The molecule has 3 aromatic rings. The van der Waals surface area contributed by atoms with Gasteiger partial charge in [-0.1, -0.05) is 19.1 Å². The Bertz CT molecular complexity index is 1090. The zero-order valence-corrected chi connectivity index (χ0v) is 17.0. The summed E-state index contributed by atoms with van der Waals surface area (Å²) in [6, 6.07) is 10.5. The third kappa shape index (κ3) is 3.48. The number of nitrogens with zero attached hydrogens (tertiary/aromatic N) is 2. The minimum atomic E-state index is -0.857. The Kier molecular flexibility index (Phi) is 5.36. The molecule has 1 aliphatic rings. The van der Waals surface area contributed by atoms with E-state index in [9.17, 15) is 20.1 Å². The van der Waals surface area contributed by atoms with Crippen LogP contribution < -0.4 is 10.9 Å². The molecule has 0 aliphatic carbocycles. The molecule has 2 aromatic carbocycles. The molecule has 1 aliphatic heterocycles. The number of aryl methyl sites for hydroxylation is 2. The Hall–Kier alpha value is -3.10. The van der Waals surface area contributed by atoms with Gasteiger partial charge < -0.3 is 19.9 Å². The summed E-state index contributed by atoms with van der Waals surface area (Å²) in [7, 11) is 1.95. The molecule has 1 saturated heterocycles. The minimum absolute atomic E-state index is 0.00773. The number of carboxylic acid groups (broad SMARTS) is 1. The largest absolute Gasteiger partial charge is 0.508 e. The maximum atomic E-state index is 11.2. The van der Waals surface area contributed by atoms with Gasteiger partial charge >= 0.3 is 5.97 Å². The van der Waals surface area contributed by atoms with E-state index in [1.807, 2.05) is 42.8 Å². The topological polar surface area (TPSA) is 120 Å². The number of nitrogens with one attached hydrogen (secondary N) is 2. The number of phenolic OH excluding ortho intramolecular Hbond substituents is 2. The van der Waals surface area contributed by atoms with Gasteiger partial charge in [-0.05, 0) is 36.6 Å². The molecule has 8 nitrogen and oxygen atoms in total. The summed E-state index contributed by atoms with van der Waals surface area (Å²) in [4.78, 5) is 16.0. The van der Waals surface area contributed by atoms with Crippen molar-refractivity contribution in [2.24, 2.45) is 7.05 Å². The van der Waals surface area contributed by atoms with E-state index in [1.54, 1.807) is 6.07 Å². The van der Waals surface area contributed by atoms with Crippen LogP contribution in [0.2, 0.25) is 0 Å². The molecule has 2 heterocycles. The van der Waals surface area contributed by atoms with Crippen LogP contribution in [0.25, 0.3) is 11.0 Å². The highest BCUT2D eigenvalue weighted by atomic mass is 16.4. The Morgan fingerprint density at radius 2 is 1.93 bits per heavy atom. The van der Waals surface area contributed by atoms with Crippen LogP contribution in [0.1, 0.15) is 48.7 Å². The highest BCUT2D eigenvalue weighted by Crippen LogP contribution is 2.43. The third-order valence-electron chi connectivity index (χ3n) is 5.95. The van der Waals surface area contributed by atoms with Gasteiger partial charge in [0.15, 0.2) is 0 Å². The predicted molar refractivity (Wildman–Crippen MR) is 112 cm³/mol. The van der Waals surface area contributed by atoms with Crippen LogP contribution in [0.15, 0.2) is 36.4 Å². The fourth-order valence-corrected chi connectivity index (χ4v) is 4.38. The van der Waals surface area contributed by atoms with E-state index < -0.39 is 5.97 Å². The zero-order chi connectivity index (χ0) is 21.4. The summed E-state index contributed by atoms with van der Waals surface area (Å²) >= 11 is 0. The van der Waals surface area contributed by atoms with E-state index >= 15 is 0 Å². The van der Waals surface area contributed by atoms with Crippen molar-refractivity contribution in [1.29, 1.82) is 0 Å². The number of carboxylic acids is 1. The Morgan fingerprint density at radius 1 is 1.17 bits per heavy atom. The first-order valence-electron chi connectivity index (χ1n) is 10.1. The van der Waals surface area contributed by atoms with Gasteiger partial charge in [-0.25, -0.2) is 10.4 Å². The van der Waals surface area contributed by atoms with Gasteiger partial charge in [0.25, 0.3) is 0 Å². The fourth-order valence-electron chi connectivity index (χ4n) is 4.38. The summed E-state index contributed by atoms with van der Waals surface area (Å²) in [5, 5.41) is 29.9. The van der Waals surface area contributed by atoms with E-state index in [4.69, 9.17) is 4.98 Å². The number of rotatable bonds is 6. The number of hydrogen-bond acceptors (Lipinski definition) is 6. The number of aromatic hydroxyl groups is 2. The van der Waals surface area contributed by atoms with Gasteiger partial charge in [-0.3, -0.25) is 10.2 Å². The molecule has 30 heavy (non-hydrogen) atoms. The highest BCUT2D eigenvalue weighted by Gasteiger charge is 2.41. The molecule has 1 aromatic heterocycles. The maximum Gasteiger partial charge on any atom is 0.303 e. The van der Waals surface area contributed by atoms with Crippen molar-refractivity contribution in [2.75, 3.05) is 0 Å². The highest BCUT2D eigenvalue weighted by molar-refractivity contribution is 5.76. The average Bonchev–Trinajstić information content (AvgIpc) is 3.27. The first-order chi connectivity index (χ1) is 14.4. The minimum Gasteiger partial charge on any atom is -0.508 e. The van der Waals surface area contributed by atoms with Crippen LogP contribution in [0, 0.1) is 0 Å². The lowest BCUT2D eigenvalue weighted by Crippen LogP contribution is -2.32. The van der Waals surface area contributed by atoms with Gasteiger partial charge in [-0.15, -0.1) is 0 Å². The van der Waals surface area contributed by atoms with Crippen LogP contribution in [0.4, 0.5) is 0 Å². The van der Waals surface area contributed by atoms with Gasteiger partial charge in [-0.2, -0.15) is 0 Å². The van der Waals surface area contributed by atoms with Crippen LogP contribution in [-0.4, -0.2) is 36.9 Å². The number of imidazole rings is 1. The summed E-state index contributed by atoms with van der Waals surface area (Å²) in [5.74, 6) is -0.218. The normalized spacial score (nSPS) is 21.3. The van der Waals surface area contributed by atoms with Crippen molar-refractivity contribution < 1.29 is 20.1 Å². The van der Waals surface area contributed by atoms with Crippen LogP contribution in [-0.2, 0) is 18.3 Å². The van der Waals surface area contributed by atoms with E-state index in [1.165, 1.54) is 6.07 Å². The Labute approximate surface area is 174 Å². The molecule has 158 valence electrons. The van der Waals surface area contributed by atoms with E-state index in [0.717, 1.165) is 22.4 Å². The molecule has 4 rings (SSSR count). The summed E-state index contributed by atoms with van der Waals surface area (Å²) in [6.45, 7) is 1.94. The Balaban J connectivity index is 1.82. The zero-order valence-electron chi connectivity index (χ0n) is 17.0. The van der Waals surface area contributed by atoms with Crippen molar-refractivity contribution >= 4 is 17.0 Å². The summed E-state index contributed by atoms with van der Waals surface area (Å²) in [6.07, 6.45) is 1.05. The lowest BCUT2D eigenvalue weighted by atomic mass is 9.85. The maximum absolute atomic E-state index is 11.2. The number of phenols is 2. The smallest absolute Gasteiger partial charge is 0.303 e. The number of fused-ring (bicyclic) bond motifs is 1. The van der Waals surface area contributed by atoms with Gasteiger partial charge in [0.2, 0.25) is 0 Å². The molecular formula is C22H26N4O4. The summed E-state index contributed by atoms with van der Waals surface area (Å²) < 4.78 is 2.02. The number of aromatic nitrogens is 2.